The smallest absolute Gasteiger partial charge is 0.226 e. The lowest BCUT2D eigenvalue weighted by Crippen LogP contribution is -2.34. The maximum Gasteiger partial charge on any atom is 0.226 e. The van der Waals surface area contributed by atoms with Gasteiger partial charge in [0.25, 0.3) is 0 Å². The molecule has 0 aliphatic heterocycles. The number of nitrogens with one attached hydrogen (secondary N) is 2. The molecule has 0 bridgehead atoms. The predicted octanol–water partition coefficient (Wildman–Crippen LogP) is 5.97. The lowest BCUT2D eigenvalue weighted by Gasteiger charge is -2.11. The minimum atomic E-state index is -0.235. The third kappa shape index (κ3) is 7.17. The molecule has 0 unspecified atom stereocenters. The van der Waals surface area contributed by atoms with E-state index in [2.05, 4.69) is 10.6 Å². The molecular weight excluding hydrogens is 438 g/mol. The number of ether oxygens (including phenoxy) is 1. The summed E-state index contributed by atoms with van der Waals surface area (Å²) in [6.07, 6.45) is 0.736. The first-order valence-electron chi connectivity index (χ1n) is 7.48. The van der Waals surface area contributed by atoms with Crippen LogP contribution < -0.4 is 15.4 Å². The molecule has 0 saturated heterocycles. The van der Waals surface area contributed by atoms with Crippen LogP contribution in [-0.4, -0.2) is 17.6 Å². The van der Waals surface area contributed by atoms with Crippen LogP contribution in [0, 0.1) is 0 Å². The lowest BCUT2D eigenvalue weighted by molar-refractivity contribution is -0.119. The quantitative estimate of drug-likeness (QED) is 0.419. The highest BCUT2D eigenvalue weighted by molar-refractivity contribution is 7.80. The Morgan fingerprint density at radius 2 is 1.69 bits per heavy atom. The van der Waals surface area contributed by atoms with E-state index in [9.17, 15) is 4.79 Å². The Kier molecular flexibility index (Phi) is 8.25. The van der Waals surface area contributed by atoms with Crippen molar-refractivity contribution >= 4 is 75.3 Å². The van der Waals surface area contributed by atoms with Crippen molar-refractivity contribution in [2.45, 2.75) is 12.8 Å². The summed E-state index contributed by atoms with van der Waals surface area (Å²) >= 11 is 28.7. The number of carbonyl (C=O) groups is 1. The molecule has 0 fully saturated rings. The van der Waals surface area contributed by atoms with Crippen LogP contribution in [0.15, 0.2) is 36.4 Å². The number of amides is 1. The molecule has 9 heteroatoms. The summed E-state index contributed by atoms with van der Waals surface area (Å²) in [5.74, 6) is 0.285. The minimum Gasteiger partial charge on any atom is -0.492 e. The van der Waals surface area contributed by atoms with Gasteiger partial charge in [-0.3, -0.25) is 4.79 Å². The second-order valence-electron chi connectivity index (χ2n) is 5.19. The Morgan fingerprint density at radius 1 is 1.00 bits per heavy atom. The van der Waals surface area contributed by atoms with Gasteiger partial charge < -0.3 is 15.4 Å². The van der Waals surface area contributed by atoms with Crippen molar-refractivity contribution < 1.29 is 9.53 Å². The molecule has 0 aliphatic carbocycles. The van der Waals surface area contributed by atoms with Crippen LogP contribution >= 0.6 is 58.6 Å². The van der Waals surface area contributed by atoms with E-state index in [0.29, 0.717) is 44.6 Å². The van der Waals surface area contributed by atoms with E-state index in [-0.39, 0.29) is 17.4 Å². The Morgan fingerprint density at radius 3 is 2.35 bits per heavy atom. The predicted molar refractivity (Wildman–Crippen MR) is 112 cm³/mol. The van der Waals surface area contributed by atoms with E-state index in [0.717, 1.165) is 0 Å². The topological polar surface area (TPSA) is 50.4 Å². The number of hydrogen-bond acceptors (Lipinski definition) is 3. The van der Waals surface area contributed by atoms with Gasteiger partial charge in [0.2, 0.25) is 5.91 Å². The Bertz CT molecular complexity index is 797. The van der Waals surface area contributed by atoms with Gasteiger partial charge in [0.1, 0.15) is 5.75 Å². The van der Waals surface area contributed by atoms with E-state index in [1.807, 2.05) is 0 Å². The third-order valence-electron chi connectivity index (χ3n) is 3.07. The first kappa shape index (κ1) is 21.1. The number of carbonyl (C=O) groups excluding carboxylic acids is 1. The van der Waals surface area contributed by atoms with E-state index in [1.165, 1.54) is 0 Å². The molecule has 0 aromatic heterocycles. The highest BCUT2D eigenvalue weighted by Gasteiger charge is 2.07. The van der Waals surface area contributed by atoms with Gasteiger partial charge in [0.05, 0.1) is 11.6 Å². The van der Waals surface area contributed by atoms with Crippen molar-refractivity contribution in [3.8, 4) is 5.75 Å². The normalized spacial score (nSPS) is 10.3. The van der Waals surface area contributed by atoms with Gasteiger partial charge in [0, 0.05) is 27.2 Å². The molecule has 0 heterocycles. The van der Waals surface area contributed by atoms with Crippen molar-refractivity contribution in [3.63, 3.8) is 0 Å². The second kappa shape index (κ2) is 10.2. The summed E-state index contributed by atoms with van der Waals surface area (Å²) in [6, 6.07) is 9.85. The van der Waals surface area contributed by atoms with Gasteiger partial charge in [-0.05, 0) is 55.0 Å². The molecule has 2 aromatic rings. The molecule has 1 amide bonds. The summed E-state index contributed by atoms with van der Waals surface area (Å²) < 4.78 is 5.52. The van der Waals surface area contributed by atoms with Gasteiger partial charge in [-0.1, -0.05) is 46.4 Å². The van der Waals surface area contributed by atoms with E-state index < -0.39 is 0 Å². The molecular formula is C17H14Cl4N2O2S. The largest absolute Gasteiger partial charge is 0.492 e. The van der Waals surface area contributed by atoms with Gasteiger partial charge in [0.15, 0.2) is 5.11 Å². The van der Waals surface area contributed by atoms with Crippen LogP contribution in [0.25, 0.3) is 0 Å². The first-order chi connectivity index (χ1) is 12.3. The molecule has 26 heavy (non-hydrogen) atoms. The molecule has 0 aliphatic rings. The van der Waals surface area contributed by atoms with Crippen molar-refractivity contribution in [1.29, 1.82) is 0 Å². The number of rotatable bonds is 6. The number of anilines is 1. The number of hydrogen-bond donors (Lipinski definition) is 2. The molecule has 2 rings (SSSR count). The van der Waals surface area contributed by atoms with Gasteiger partial charge in [-0.2, -0.15) is 0 Å². The maximum atomic E-state index is 11.9. The summed E-state index contributed by atoms with van der Waals surface area (Å²) in [6.45, 7) is 0.332. The molecule has 0 saturated carbocycles. The molecule has 2 N–H and O–H groups in total. The van der Waals surface area contributed by atoms with Crippen LogP contribution in [-0.2, 0) is 4.79 Å². The van der Waals surface area contributed by atoms with E-state index in [4.69, 9.17) is 63.4 Å². The summed E-state index contributed by atoms with van der Waals surface area (Å²) in [7, 11) is 0. The molecule has 138 valence electrons. The highest BCUT2D eigenvalue weighted by Crippen LogP contribution is 2.27. The van der Waals surface area contributed by atoms with E-state index >= 15 is 0 Å². The van der Waals surface area contributed by atoms with Gasteiger partial charge in [-0.25, -0.2) is 0 Å². The van der Waals surface area contributed by atoms with Crippen LogP contribution in [0.2, 0.25) is 20.1 Å². The van der Waals surface area contributed by atoms with Crippen molar-refractivity contribution in [2.24, 2.45) is 0 Å². The summed E-state index contributed by atoms with van der Waals surface area (Å²) in [5, 5.41) is 7.48. The number of halogens is 4. The minimum absolute atomic E-state index is 0.162. The summed E-state index contributed by atoms with van der Waals surface area (Å²) in [5.41, 5.74) is 0.591. The third-order valence-corrected chi connectivity index (χ3v) is 4.24. The van der Waals surface area contributed by atoms with Crippen molar-refractivity contribution in [3.05, 3.63) is 56.5 Å². The zero-order valence-electron chi connectivity index (χ0n) is 13.3. The van der Waals surface area contributed by atoms with Gasteiger partial charge in [-0.15, -0.1) is 0 Å². The van der Waals surface area contributed by atoms with Crippen LogP contribution in [0.4, 0.5) is 5.69 Å². The van der Waals surface area contributed by atoms with Crippen LogP contribution in [0.5, 0.6) is 5.75 Å². The monoisotopic (exact) mass is 450 g/mol. The molecule has 0 spiro atoms. The first-order valence-corrected chi connectivity index (χ1v) is 9.40. The molecule has 2 aromatic carbocycles. The highest BCUT2D eigenvalue weighted by atomic mass is 35.5. The zero-order valence-corrected chi connectivity index (χ0v) is 17.2. The zero-order chi connectivity index (χ0) is 19.1. The Hall–Kier alpha value is -1.24. The number of thiocarbonyl (C=S) groups is 1. The Balaban J connectivity index is 1.71. The van der Waals surface area contributed by atoms with Crippen LogP contribution in [0.1, 0.15) is 12.8 Å². The van der Waals surface area contributed by atoms with E-state index in [1.54, 1.807) is 36.4 Å². The molecule has 4 nitrogen and oxygen atoms in total. The van der Waals surface area contributed by atoms with Crippen LogP contribution in [0.3, 0.4) is 0 Å². The average Bonchev–Trinajstić information content (AvgIpc) is 2.51. The fourth-order valence-electron chi connectivity index (χ4n) is 1.98. The fourth-order valence-corrected chi connectivity index (χ4v) is 3.21. The average molecular weight is 452 g/mol. The van der Waals surface area contributed by atoms with Crippen molar-refractivity contribution in [1.82, 2.24) is 5.32 Å². The fraction of sp³-hybridized carbons (Fsp3) is 0.176. The van der Waals surface area contributed by atoms with Gasteiger partial charge >= 0.3 is 0 Å². The maximum absolute atomic E-state index is 11.9. The Labute approximate surface area is 176 Å². The number of benzene rings is 2. The standard InChI is InChI=1S/C17H14Cl4N2O2S/c18-10-3-4-15(14(21)9-10)25-5-1-2-16(24)23-17(26)22-13-7-11(19)6-12(20)8-13/h3-4,6-9H,1-2,5H2,(H2,22,23,24,26). The lowest BCUT2D eigenvalue weighted by atomic mass is 10.3. The summed E-state index contributed by atoms with van der Waals surface area (Å²) in [4.78, 5) is 11.9. The van der Waals surface area contributed by atoms with Crippen molar-refractivity contribution in [2.75, 3.05) is 11.9 Å². The second-order valence-corrected chi connectivity index (χ2v) is 7.31. The molecule has 0 atom stereocenters. The SMILES string of the molecule is O=C(CCCOc1ccc(Cl)cc1Cl)NC(=S)Nc1cc(Cl)cc(Cl)c1. The molecule has 0 radical (unpaired) electrons.